The normalized spacial score (nSPS) is 23.0. The zero-order chi connectivity index (χ0) is 16.8. The number of rotatable bonds is 6. The lowest BCUT2D eigenvalue weighted by Gasteiger charge is -2.36. The molecule has 1 fully saturated rings. The van der Waals surface area contributed by atoms with E-state index >= 15 is 0 Å². The van der Waals surface area contributed by atoms with Crippen molar-refractivity contribution in [1.29, 1.82) is 0 Å². The van der Waals surface area contributed by atoms with Crippen molar-refractivity contribution in [3.05, 3.63) is 0 Å². The number of hydrogen-bond acceptors (Lipinski definition) is 5. The van der Waals surface area contributed by atoms with Crippen LogP contribution >= 0.6 is 15.9 Å². The first-order chi connectivity index (χ1) is 10.3. The lowest BCUT2D eigenvalue weighted by molar-refractivity contribution is -0.136. The third-order valence-electron chi connectivity index (χ3n) is 4.05. The second-order valence-electron chi connectivity index (χ2n) is 6.66. The smallest absolute Gasteiger partial charge is 0.364 e. The number of esters is 1. The summed E-state index contributed by atoms with van der Waals surface area (Å²) in [5.41, 5.74) is 0.0349. The molecule has 0 atom stereocenters. The number of alkyl halides is 1. The number of carbonyl (C=O) groups excluding carboxylic acids is 2. The van der Waals surface area contributed by atoms with Gasteiger partial charge in [0.1, 0.15) is 6.10 Å². The van der Waals surface area contributed by atoms with Gasteiger partial charge in [-0.1, -0.05) is 41.9 Å². The van der Waals surface area contributed by atoms with Crippen LogP contribution in [0.3, 0.4) is 0 Å². The van der Waals surface area contributed by atoms with Crippen LogP contribution in [-0.4, -0.2) is 35.5 Å². The Hall–Kier alpha value is -0.910. The molecule has 1 aliphatic rings. The largest absolute Gasteiger partial charge is 0.461 e. The minimum absolute atomic E-state index is 0.0186. The lowest BCUT2D eigenvalue weighted by Crippen LogP contribution is -2.30. The summed E-state index contributed by atoms with van der Waals surface area (Å²) in [5.74, 6) is -0.484. The molecule has 6 heteroatoms. The predicted molar refractivity (Wildman–Crippen MR) is 89.2 cm³/mol. The first kappa shape index (κ1) is 19.1. The molecule has 0 amide bonds. The van der Waals surface area contributed by atoms with Crippen molar-refractivity contribution in [2.75, 3.05) is 11.9 Å². The van der Waals surface area contributed by atoms with E-state index in [0.717, 1.165) is 25.7 Å². The van der Waals surface area contributed by atoms with E-state index in [2.05, 4.69) is 41.9 Å². The summed E-state index contributed by atoms with van der Waals surface area (Å²) >= 11 is 3.04. The van der Waals surface area contributed by atoms with Crippen LogP contribution in [0.4, 0.5) is 0 Å². The average Bonchev–Trinajstić information content (AvgIpc) is 2.47. The summed E-state index contributed by atoms with van der Waals surface area (Å²) in [6, 6.07) is 0. The van der Waals surface area contributed by atoms with Gasteiger partial charge in [0, 0.05) is 0 Å². The van der Waals surface area contributed by atoms with Crippen molar-refractivity contribution in [1.82, 2.24) is 0 Å². The summed E-state index contributed by atoms with van der Waals surface area (Å²) < 4.78 is 4.84. The minimum atomic E-state index is -0.727. The molecular formula is C16H26BrNO4. The molecule has 0 N–H and O–H groups in total. The molecule has 1 saturated carbocycles. The number of Topliss-reactive ketones (excluding diaryl/α,β-unsaturated/α-hetero) is 1. The van der Waals surface area contributed by atoms with E-state index in [0.29, 0.717) is 11.3 Å². The van der Waals surface area contributed by atoms with Gasteiger partial charge in [0.05, 0.1) is 11.9 Å². The summed E-state index contributed by atoms with van der Waals surface area (Å²) in [6.07, 6.45) is 3.90. The fourth-order valence-electron chi connectivity index (χ4n) is 2.63. The van der Waals surface area contributed by atoms with E-state index in [-0.39, 0.29) is 23.8 Å². The SMILES string of the molecule is CCOC(=O)/C(=N\OC1CCC(C(C)(C)C)CC1)C(=O)CBr. The number of halogens is 1. The monoisotopic (exact) mass is 375 g/mol. The average molecular weight is 376 g/mol. The van der Waals surface area contributed by atoms with Gasteiger partial charge >= 0.3 is 5.97 Å². The number of ether oxygens (including phenoxy) is 1. The van der Waals surface area contributed by atoms with Crippen molar-refractivity contribution in [3.63, 3.8) is 0 Å². The number of nitrogens with zero attached hydrogens (tertiary/aromatic N) is 1. The zero-order valence-electron chi connectivity index (χ0n) is 13.9. The van der Waals surface area contributed by atoms with Crippen LogP contribution in [0.5, 0.6) is 0 Å². The van der Waals surface area contributed by atoms with Gasteiger partial charge < -0.3 is 9.57 Å². The molecule has 0 bridgehead atoms. The quantitative estimate of drug-likeness (QED) is 0.234. The number of ketones is 1. The van der Waals surface area contributed by atoms with Gasteiger partial charge in [0.25, 0.3) is 0 Å². The van der Waals surface area contributed by atoms with Crippen LogP contribution in [0.25, 0.3) is 0 Å². The van der Waals surface area contributed by atoms with Crippen LogP contribution in [0, 0.1) is 11.3 Å². The molecule has 0 aromatic carbocycles. The van der Waals surface area contributed by atoms with E-state index in [1.165, 1.54) is 0 Å². The van der Waals surface area contributed by atoms with E-state index in [9.17, 15) is 9.59 Å². The fourth-order valence-corrected chi connectivity index (χ4v) is 2.89. The summed E-state index contributed by atoms with van der Waals surface area (Å²) in [7, 11) is 0. The molecule has 5 nitrogen and oxygen atoms in total. The summed E-state index contributed by atoms with van der Waals surface area (Å²) in [6.45, 7) is 8.65. The van der Waals surface area contributed by atoms with Gasteiger partial charge in [0.2, 0.25) is 11.5 Å². The van der Waals surface area contributed by atoms with Crippen LogP contribution in [0.15, 0.2) is 5.16 Å². The Bertz CT molecular complexity index is 420. The Balaban J connectivity index is 2.61. The molecule has 0 aliphatic heterocycles. The Kier molecular flexibility index (Phi) is 7.53. The maximum Gasteiger partial charge on any atom is 0.364 e. The molecule has 22 heavy (non-hydrogen) atoms. The molecule has 126 valence electrons. The first-order valence-electron chi connectivity index (χ1n) is 7.79. The van der Waals surface area contributed by atoms with Crippen molar-refractivity contribution in [2.45, 2.75) is 59.5 Å². The van der Waals surface area contributed by atoms with E-state index < -0.39 is 11.8 Å². The van der Waals surface area contributed by atoms with Crippen molar-refractivity contribution < 1.29 is 19.2 Å². The zero-order valence-corrected chi connectivity index (χ0v) is 15.4. The molecule has 0 unspecified atom stereocenters. The highest BCUT2D eigenvalue weighted by Gasteiger charge is 2.31. The number of carbonyl (C=O) groups is 2. The van der Waals surface area contributed by atoms with Crippen molar-refractivity contribution in [2.24, 2.45) is 16.5 Å². The van der Waals surface area contributed by atoms with Crippen LogP contribution in [0.2, 0.25) is 0 Å². The Morgan fingerprint density at radius 3 is 2.23 bits per heavy atom. The molecular weight excluding hydrogens is 350 g/mol. The summed E-state index contributed by atoms with van der Waals surface area (Å²) in [5, 5.41) is 3.81. The molecule has 0 heterocycles. The molecule has 0 spiro atoms. The third-order valence-corrected chi connectivity index (χ3v) is 4.56. The van der Waals surface area contributed by atoms with Crippen molar-refractivity contribution in [3.8, 4) is 0 Å². The maximum atomic E-state index is 11.7. The van der Waals surface area contributed by atoms with Gasteiger partial charge in [-0.2, -0.15) is 0 Å². The standard InChI is InChI=1S/C16H26BrNO4/c1-5-21-15(20)14(13(19)10-17)18-22-12-8-6-11(7-9-12)16(2,3)4/h11-12H,5-10H2,1-4H3/b18-14-. The maximum absolute atomic E-state index is 11.7. The van der Waals surface area contributed by atoms with Crippen LogP contribution in [-0.2, 0) is 19.2 Å². The minimum Gasteiger partial charge on any atom is -0.461 e. The highest BCUT2D eigenvalue weighted by Crippen LogP contribution is 2.38. The molecule has 1 aliphatic carbocycles. The van der Waals surface area contributed by atoms with Gasteiger partial charge in [0.15, 0.2) is 0 Å². The van der Waals surface area contributed by atoms with Gasteiger partial charge in [-0.25, -0.2) is 4.79 Å². The van der Waals surface area contributed by atoms with Crippen LogP contribution < -0.4 is 0 Å². The number of hydrogen-bond donors (Lipinski definition) is 0. The molecule has 0 aromatic rings. The molecule has 1 rings (SSSR count). The van der Waals surface area contributed by atoms with Crippen molar-refractivity contribution >= 4 is 33.4 Å². The third kappa shape index (κ3) is 5.71. The number of oxime groups is 1. The molecule has 0 aromatic heterocycles. The highest BCUT2D eigenvalue weighted by molar-refractivity contribution is 9.09. The molecule has 0 radical (unpaired) electrons. The van der Waals surface area contributed by atoms with E-state index in [1.807, 2.05) is 0 Å². The van der Waals surface area contributed by atoms with Gasteiger partial charge in [-0.05, 0) is 43.9 Å². The first-order valence-corrected chi connectivity index (χ1v) is 8.91. The predicted octanol–water partition coefficient (Wildman–Crippen LogP) is 3.49. The van der Waals surface area contributed by atoms with Gasteiger partial charge in [-0.15, -0.1) is 0 Å². The van der Waals surface area contributed by atoms with Crippen LogP contribution in [0.1, 0.15) is 53.4 Å². The fraction of sp³-hybridized carbons (Fsp3) is 0.812. The topological polar surface area (TPSA) is 65.0 Å². The Labute approximate surface area is 140 Å². The highest BCUT2D eigenvalue weighted by atomic mass is 79.9. The lowest BCUT2D eigenvalue weighted by atomic mass is 9.72. The second kappa shape index (κ2) is 8.65. The molecule has 0 saturated heterocycles. The summed E-state index contributed by atoms with van der Waals surface area (Å²) in [4.78, 5) is 28.9. The Morgan fingerprint density at radius 1 is 1.18 bits per heavy atom. The van der Waals surface area contributed by atoms with E-state index in [1.54, 1.807) is 6.92 Å². The van der Waals surface area contributed by atoms with Gasteiger partial charge in [-0.3, -0.25) is 4.79 Å². The van der Waals surface area contributed by atoms with E-state index in [4.69, 9.17) is 9.57 Å². The second-order valence-corrected chi connectivity index (χ2v) is 7.22. The Morgan fingerprint density at radius 2 is 1.77 bits per heavy atom.